The number of benzene rings is 3. The first-order valence-corrected chi connectivity index (χ1v) is 46.1. The fourth-order valence-corrected chi connectivity index (χ4v) is 15.2. The summed E-state index contributed by atoms with van der Waals surface area (Å²) in [6.45, 7) is 29.0. The van der Waals surface area contributed by atoms with E-state index in [0.29, 0.717) is 170 Å². The number of anilines is 2. The molecule has 1 spiro atoms. The third-order valence-electron chi connectivity index (χ3n) is 23.1. The molecule has 10 amide bonds. The summed E-state index contributed by atoms with van der Waals surface area (Å²) < 4.78 is 72.4. The van der Waals surface area contributed by atoms with Gasteiger partial charge in [0.1, 0.15) is 24.2 Å². The first-order valence-electron chi connectivity index (χ1n) is 46.1. The number of ether oxygens (including phenoxy) is 13. The van der Waals surface area contributed by atoms with Crippen LogP contribution >= 0.6 is 0 Å². The second-order valence-corrected chi connectivity index (χ2v) is 35.0. The van der Waals surface area contributed by atoms with Gasteiger partial charge in [-0.05, 0) is 125 Å². The van der Waals surface area contributed by atoms with Crippen molar-refractivity contribution >= 4 is 76.4 Å². The Morgan fingerprint density at radius 3 is 1.46 bits per heavy atom. The number of amides is 10. The lowest BCUT2D eigenvalue weighted by Crippen LogP contribution is -2.61. The van der Waals surface area contributed by atoms with Crippen molar-refractivity contribution in [3.8, 4) is 11.8 Å². The molecule has 132 heavy (non-hydrogen) atoms. The summed E-state index contributed by atoms with van der Waals surface area (Å²) >= 11 is 0. The summed E-state index contributed by atoms with van der Waals surface area (Å²) in [5.74, 6) is 0.563. The summed E-state index contributed by atoms with van der Waals surface area (Å²) in [7, 11) is 3.17. The van der Waals surface area contributed by atoms with Crippen LogP contribution in [0.3, 0.4) is 0 Å². The minimum atomic E-state index is -1.48. The topological polar surface area (TPSA) is 448 Å². The van der Waals surface area contributed by atoms with Gasteiger partial charge in [0, 0.05) is 73.2 Å². The number of carboxylic acid groups (broad SMARTS) is 1. The van der Waals surface area contributed by atoms with E-state index >= 15 is 0 Å². The Bertz CT molecular complexity index is 4150. The van der Waals surface area contributed by atoms with Crippen LogP contribution in [0.5, 0.6) is 0 Å². The van der Waals surface area contributed by atoms with E-state index in [2.05, 4.69) is 49.1 Å². The molecular weight excluding hydrogens is 1710 g/mol. The number of hydrogen-bond donors (Lipinski definition) is 9. The zero-order valence-electron chi connectivity index (χ0n) is 79.6. The molecule has 1 saturated carbocycles. The molecule has 10 N–H and O–H groups in total. The van der Waals surface area contributed by atoms with E-state index in [-0.39, 0.29) is 85.4 Å². The molecule has 2 heterocycles. The van der Waals surface area contributed by atoms with Gasteiger partial charge in [-0.1, -0.05) is 109 Å². The van der Waals surface area contributed by atoms with Crippen LogP contribution in [0.2, 0.25) is 0 Å². The SMILES string of the molecule is CNC(C(=O)NC(C(=O)N(C)C(/C=C(\C)C(=O)O)C(C)C)C(C)(C)C)C(C)(C)c1cccc(NC(=O)C(CC(N)=O)NC(=O)C(C)NC(=O)C(C)NC(=O)CCOCCOCCOCCOCCOCCOCCOCCOCCOCCOCCOCCOCCOCCC(=O)N2CCC3(CCC(C(=O)NCCC(=O)N4Cc5ccccc5C#Cc5ccccc54)CC3)CC2)c1. The third kappa shape index (κ3) is 40.8. The first-order chi connectivity index (χ1) is 63.2. The van der Waals surface area contributed by atoms with Crippen molar-refractivity contribution in [2.75, 3.05) is 216 Å². The minimum absolute atomic E-state index is 0.0164. The number of fused-ring (bicyclic) bond motifs is 2. The van der Waals surface area contributed by atoms with Gasteiger partial charge < -0.3 is 124 Å². The van der Waals surface area contributed by atoms with Crippen LogP contribution < -0.4 is 47.9 Å². The number of piperidine rings is 1. The Kier molecular flexibility index (Phi) is 51.2. The van der Waals surface area contributed by atoms with E-state index < -0.39 is 101 Å². The molecule has 2 fully saturated rings. The summed E-state index contributed by atoms with van der Waals surface area (Å²) in [5, 5.41) is 28.9. The van der Waals surface area contributed by atoms with E-state index in [0.717, 1.165) is 74.0 Å². The Labute approximate surface area is 778 Å². The summed E-state index contributed by atoms with van der Waals surface area (Å²) in [5.41, 5.74) is 8.28. The molecule has 6 unspecified atom stereocenters. The van der Waals surface area contributed by atoms with Gasteiger partial charge in [-0.15, -0.1) is 0 Å². The van der Waals surface area contributed by atoms with Gasteiger partial charge >= 0.3 is 5.97 Å². The molecule has 1 aliphatic carbocycles. The van der Waals surface area contributed by atoms with E-state index in [1.807, 2.05) is 88.0 Å². The van der Waals surface area contributed by atoms with Crippen molar-refractivity contribution in [2.45, 2.75) is 182 Å². The fourth-order valence-electron chi connectivity index (χ4n) is 15.2. The van der Waals surface area contributed by atoms with Gasteiger partial charge in [-0.3, -0.25) is 47.9 Å². The van der Waals surface area contributed by atoms with E-state index in [9.17, 15) is 57.8 Å². The molecule has 1 saturated heterocycles. The van der Waals surface area contributed by atoms with Crippen LogP contribution in [0.25, 0.3) is 0 Å². The molecule has 736 valence electrons. The molecular formula is C96H147N11O25. The maximum Gasteiger partial charge on any atom is 0.331 e. The van der Waals surface area contributed by atoms with Gasteiger partial charge in [0.05, 0.1) is 209 Å². The Morgan fingerprint density at radius 1 is 0.530 bits per heavy atom. The van der Waals surface area contributed by atoms with Crippen molar-refractivity contribution in [2.24, 2.45) is 28.4 Å². The number of carbonyl (C=O) groups is 11. The zero-order chi connectivity index (χ0) is 96.3. The van der Waals surface area contributed by atoms with Crippen molar-refractivity contribution in [1.29, 1.82) is 0 Å². The maximum absolute atomic E-state index is 14.3. The van der Waals surface area contributed by atoms with E-state index in [1.54, 1.807) is 57.1 Å². The van der Waals surface area contributed by atoms with Gasteiger partial charge in [0.15, 0.2) is 0 Å². The highest BCUT2D eigenvalue weighted by Gasteiger charge is 2.44. The number of carbonyl (C=O) groups excluding carboxylic acids is 10. The van der Waals surface area contributed by atoms with Crippen LogP contribution in [-0.4, -0.2) is 322 Å². The highest BCUT2D eigenvalue weighted by molar-refractivity contribution is 6.01. The highest BCUT2D eigenvalue weighted by atomic mass is 16.6. The van der Waals surface area contributed by atoms with Gasteiger partial charge in [-0.2, -0.15) is 0 Å². The molecule has 2 aliphatic heterocycles. The molecule has 36 nitrogen and oxygen atoms in total. The lowest BCUT2D eigenvalue weighted by molar-refractivity contribution is -0.141. The Morgan fingerprint density at radius 2 is 0.985 bits per heavy atom. The molecule has 0 aromatic heterocycles. The number of likely N-dealkylation sites (N-methyl/N-ethyl adjacent to an activating group) is 2. The lowest BCUT2D eigenvalue weighted by Gasteiger charge is -2.45. The van der Waals surface area contributed by atoms with Gasteiger partial charge in [0.2, 0.25) is 59.1 Å². The Balaban J connectivity index is 0.646. The predicted molar refractivity (Wildman–Crippen MR) is 494 cm³/mol. The number of nitrogens with two attached hydrogens (primary N) is 1. The van der Waals surface area contributed by atoms with Gasteiger partial charge in [-0.25, -0.2) is 4.79 Å². The number of nitrogens with zero attached hydrogens (tertiary/aromatic N) is 3. The number of nitrogens with one attached hydrogen (secondary N) is 7. The number of likely N-dealkylation sites (tertiary alicyclic amines) is 1. The lowest BCUT2D eigenvalue weighted by atomic mass is 9.65. The molecule has 0 radical (unpaired) electrons. The van der Waals surface area contributed by atoms with Crippen molar-refractivity contribution < 1.29 is 119 Å². The molecule has 3 aromatic rings. The second kappa shape index (κ2) is 60.7. The third-order valence-corrected chi connectivity index (χ3v) is 23.1. The van der Waals surface area contributed by atoms with Crippen LogP contribution in [0.4, 0.5) is 11.4 Å². The van der Waals surface area contributed by atoms with E-state index in [1.165, 1.54) is 31.7 Å². The number of aliphatic carboxylic acids is 1. The largest absolute Gasteiger partial charge is 0.478 e. The molecule has 3 aromatic carbocycles. The zero-order valence-corrected chi connectivity index (χ0v) is 79.6. The second-order valence-electron chi connectivity index (χ2n) is 35.0. The smallest absolute Gasteiger partial charge is 0.331 e. The van der Waals surface area contributed by atoms with Crippen LogP contribution in [0, 0.1) is 34.5 Å². The van der Waals surface area contributed by atoms with Crippen molar-refractivity contribution in [3.05, 3.63) is 107 Å². The summed E-state index contributed by atoms with van der Waals surface area (Å²) in [4.78, 5) is 150. The number of primary amides is 1. The number of hydrogen-bond acceptors (Lipinski definition) is 25. The molecule has 0 bridgehead atoms. The molecule has 6 rings (SSSR count). The van der Waals surface area contributed by atoms with E-state index in [4.69, 9.17) is 67.3 Å². The average Bonchev–Trinajstić information content (AvgIpc) is 0.765. The molecule has 36 heteroatoms. The quantitative estimate of drug-likeness (QED) is 0.0200. The molecule has 3 aliphatic rings. The van der Waals surface area contributed by atoms with Crippen LogP contribution in [-0.2, 0) is 126 Å². The summed E-state index contributed by atoms with van der Waals surface area (Å²) in [6.07, 6.45) is 6.79. The van der Waals surface area contributed by atoms with Gasteiger partial charge in [0.25, 0.3) is 0 Å². The van der Waals surface area contributed by atoms with Crippen molar-refractivity contribution in [1.82, 2.24) is 41.7 Å². The highest BCUT2D eigenvalue weighted by Crippen LogP contribution is 2.46. The standard InChI is InChI=1S/C96H147N11O25/c1-68(2)80(64-69(3)93(118)119)105(12)92(117)86(94(6,7)8)104-91(116)85(98-11)95(9,10)76-21-17-22-77(65-76)102-90(115)78(66-81(97)108)103-88(113)71(5)101-87(112)70(4)100-82(109)29-38-120-40-42-122-44-46-124-48-50-126-52-54-128-56-58-130-60-62-132-63-61-131-59-57-129-55-53-127-51-49-125-47-45-123-43-41-121-39-30-83(110)106-36-33-96(34-37-106)31-26-74(27-32-96)89(114)99-35-28-84(111)107-67-75-20-14-13-18-72(75)24-25-73-19-15-16-23-79(73)107/h13-23,64-65,68,70-71,74,78,80,85-86,98H,26-63,66-67H2,1-12H3,(H2,97,108)(H,99,114)(H,100,109)(H,101,112)(H,102,115)(H,103,113)(H,104,116)(H,118,119)/b69-64+. The average molecular weight is 1860 g/mol. The maximum atomic E-state index is 14.3. The fraction of sp³-hybridized carbons (Fsp3) is 0.656. The van der Waals surface area contributed by atoms with Crippen LogP contribution in [0.15, 0.2) is 84.4 Å². The number of rotatable bonds is 65. The normalized spacial score (nSPS) is 15.3. The number of para-hydroxylation sites is 1. The Hall–Kier alpha value is -9.43. The first kappa shape index (κ1) is 111. The monoisotopic (exact) mass is 1850 g/mol. The molecule has 6 atom stereocenters. The van der Waals surface area contributed by atoms with Crippen molar-refractivity contribution in [3.63, 3.8) is 0 Å². The minimum Gasteiger partial charge on any atom is -0.478 e. The predicted octanol–water partition coefficient (Wildman–Crippen LogP) is 5.15. The summed E-state index contributed by atoms with van der Waals surface area (Å²) in [6, 6.07) is 15.8. The number of carboxylic acids is 1. The van der Waals surface area contributed by atoms with Crippen LogP contribution in [0.1, 0.15) is 156 Å².